The molecule has 0 aromatic carbocycles. The third kappa shape index (κ3) is 6.20. The summed E-state index contributed by atoms with van der Waals surface area (Å²) in [6.45, 7) is 10.7. The molecule has 6 heteroatoms. The van der Waals surface area contributed by atoms with E-state index in [0.717, 1.165) is 24.1 Å². The zero-order valence-corrected chi connectivity index (χ0v) is 16.8. The average molecular weight is 371 g/mol. The molecule has 0 atom stereocenters. The molecule has 142 valence electrons. The molecule has 1 aromatic heterocycles. The molecule has 0 spiro atoms. The number of carbonyl (C=O) groups is 2. The molecule has 0 aliphatic heterocycles. The lowest BCUT2D eigenvalue weighted by molar-refractivity contribution is -0.133. The van der Waals surface area contributed by atoms with E-state index in [-0.39, 0.29) is 18.2 Å². The third-order valence-electron chi connectivity index (χ3n) is 3.77. The number of unbranched alkanes of at least 4 members (excludes halogenated alkanes) is 1. The predicted molar refractivity (Wildman–Crippen MR) is 99.6 cm³/mol. The minimum absolute atomic E-state index is 0.0395. The number of thiophene rings is 1. The van der Waals surface area contributed by atoms with Gasteiger partial charge in [0.15, 0.2) is 12.1 Å². The molecule has 0 radical (unpaired) electrons. The lowest BCUT2D eigenvalue weighted by Gasteiger charge is -2.16. The maximum Gasteiger partial charge on any atom is 0.348 e. The van der Waals surface area contributed by atoms with Crippen molar-refractivity contribution in [1.82, 2.24) is 0 Å². The average Bonchev–Trinajstić information content (AvgIpc) is 2.90. The molecule has 1 rings (SSSR count). The zero-order valence-electron chi connectivity index (χ0n) is 16.0. The second-order valence-electron chi connectivity index (χ2n) is 5.65. The van der Waals surface area contributed by atoms with Crippen LogP contribution in [0, 0.1) is 6.92 Å². The molecule has 5 nitrogen and oxygen atoms in total. The molecule has 0 saturated heterocycles. The zero-order chi connectivity index (χ0) is 18.8. The van der Waals surface area contributed by atoms with Gasteiger partial charge in [-0.2, -0.15) is 0 Å². The molecule has 0 bridgehead atoms. The molecular weight excluding hydrogens is 340 g/mol. The number of hydrogen-bond acceptors (Lipinski definition) is 6. The molecule has 1 aromatic rings. The molecule has 0 unspecified atom stereocenters. The summed E-state index contributed by atoms with van der Waals surface area (Å²) in [4.78, 5) is 26.6. The number of ketones is 1. The number of carbonyl (C=O) groups excluding carboxylic acids is 2. The van der Waals surface area contributed by atoms with Gasteiger partial charge in [-0.3, -0.25) is 4.79 Å². The van der Waals surface area contributed by atoms with Gasteiger partial charge in [-0.1, -0.05) is 13.3 Å². The van der Waals surface area contributed by atoms with Crippen LogP contribution in [-0.4, -0.2) is 37.9 Å². The van der Waals surface area contributed by atoms with Crippen molar-refractivity contribution in [3.63, 3.8) is 0 Å². The second kappa shape index (κ2) is 11.4. The van der Waals surface area contributed by atoms with Crippen molar-refractivity contribution < 1.29 is 23.8 Å². The van der Waals surface area contributed by atoms with Crippen LogP contribution >= 0.6 is 11.3 Å². The van der Waals surface area contributed by atoms with Crippen LogP contribution < -0.4 is 0 Å². The van der Waals surface area contributed by atoms with Crippen LogP contribution in [0.3, 0.4) is 0 Å². The van der Waals surface area contributed by atoms with Gasteiger partial charge in [-0.15, -0.1) is 11.3 Å². The first-order chi connectivity index (χ1) is 12.0. The topological polar surface area (TPSA) is 61.8 Å². The maximum absolute atomic E-state index is 12.9. The van der Waals surface area contributed by atoms with Gasteiger partial charge < -0.3 is 14.2 Å². The van der Waals surface area contributed by atoms with Gasteiger partial charge in [0.05, 0.1) is 13.0 Å². The van der Waals surface area contributed by atoms with Gasteiger partial charge in [0.25, 0.3) is 0 Å². The van der Waals surface area contributed by atoms with E-state index >= 15 is 0 Å². The Morgan fingerprint density at radius 1 is 1.04 bits per heavy atom. The maximum atomic E-state index is 12.9. The monoisotopic (exact) mass is 370 g/mol. The number of Topliss-reactive ketones (excluding diaryl/α,β-unsaturated/α-hetero) is 1. The van der Waals surface area contributed by atoms with Crippen LogP contribution in [0.25, 0.3) is 0 Å². The highest BCUT2D eigenvalue weighted by molar-refractivity contribution is 7.14. The summed E-state index contributed by atoms with van der Waals surface area (Å²) in [7, 11) is 0. The van der Waals surface area contributed by atoms with Crippen LogP contribution in [0.5, 0.6) is 0 Å². The van der Waals surface area contributed by atoms with Crippen molar-refractivity contribution in [1.29, 1.82) is 0 Å². The Balaban J connectivity index is 3.12. The fraction of sp³-hybridized carbons (Fsp3) is 0.684. The second-order valence-corrected chi connectivity index (χ2v) is 6.75. The van der Waals surface area contributed by atoms with Crippen LogP contribution in [0.15, 0.2) is 0 Å². The molecule has 0 saturated carbocycles. The van der Waals surface area contributed by atoms with Crippen LogP contribution in [0.4, 0.5) is 0 Å². The highest BCUT2D eigenvalue weighted by Gasteiger charge is 2.26. The summed E-state index contributed by atoms with van der Waals surface area (Å²) in [5.74, 6) is -0.393. The van der Waals surface area contributed by atoms with Gasteiger partial charge in [0.1, 0.15) is 4.88 Å². The normalized spacial score (nSPS) is 11.1. The lowest BCUT2D eigenvalue weighted by Crippen LogP contribution is -2.22. The minimum Gasteiger partial charge on any atom is -0.462 e. The summed E-state index contributed by atoms with van der Waals surface area (Å²) < 4.78 is 16.1. The fourth-order valence-corrected chi connectivity index (χ4v) is 3.89. The molecule has 25 heavy (non-hydrogen) atoms. The number of esters is 1. The van der Waals surface area contributed by atoms with E-state index in [9.17, 15) is 9.59 Å². The molecule has 0 N–H and O–H groups in total. The Labute approximate surface area is 154 Å². The van der Waals surface area contributed by atoms with E-state index in [4.69, 9.17) is 14.2 Å². The Bertz CT molecular complexity index is 558. The largest absolute Gasteiger partial charge is 0.462 e. The minimum atomic E-state index is -0.549. The van der Waals surface area contributed by atoms with Gasteiger partial charge in [0.2, 0.25) is 0 Å². The first-order valence-corrected chi connectivity index (χ1v) is 9.87. The summed E-state index contributed by atoms with van der Waals surface area (Å²) in [6, 6.07) is 0. The quantitative estimate of drug-likeness (QED) is 0.307. The van der Waals surface area contributed by atoms with Gasteiger partial charge >= 0.3 is 5.97 Å². The summed E-state index contributed by atoms with van der Waals surface area (Å²) >= 11 is 1.38. The summed E-state index contributed by atoms with van der Waals surface area (Å²) in [5.41, 5.74) is 1.36. The van der Waals surface area contributed by atoms with E-state index in [0.29, 0.717) is 35.8 Å². The lowest BCUT2D eigenvalue weighted by atomic mass is 10.0. The Hall–Kier alpha value is -1.24. The van der Waals surface area contributed by atoms with E-state index in [1.165, 1.54) is 11.3 Å². The highest BCUT2D eigenvalue weighted by atomic mass is 32.1. The number of aryl methyl sites for hydroxylation is 1. The summed E-state index contributed by atoms with van der Waals surface area (Å²) in [5, 5.41) is 0. The molecule has 0 aliphatic rings. The van der Waals surface area contributed by atoms with E-state index in [1.54, 1.807) is 6.92 Å². The third-order valence-corrected chi connectivity index (χ3v) is 5.11. The Morgan fingerprint density at radius 3 is 2.20 bits per heavy atom. The predicted octanol–water partition coefficient (Wildman–Crippen LogP) is 4.55. The molecule has 1 heterocycles. The fourth-order valence-electron chi connectivity index (χ4n) is 2.63. The number of hydrogen-bond donors (Lipinski definition) is 0. The first kappa shape index (κ1) is 21.8. The SMILES string of the molecule is CCCCc1sc(C(=O)OCC)c(C)c1C(=O)CC(OCC)OCC. The number of rotatable bonds is 12. The highest BCUT2D eigenvalue weighted by Crippen LogP contribution is 2.32. The van der Waals surface area contributed by atoms with Crippen LogP contribution in [-0.2, 0) is 20.6 Å². The van der Waals surface area contributed by atoms with Gasteiger partial charge in [0, 0.05) is 23.7 Å². The molecular formula is C19H30O5S. The Kier molecular flexibility index (Phi) is 9.93. The van der Waals surface area contributed by atoms with Crippen molar-refractivity contribution in [3.8, 4) is 0 Å². The molecule has 0 amide bonds. The Morgan fingerprint density at radius 2 is 1.68 bits per heavy atom. The van der Waals surface area contributed by atoms with Crippen molar-refractivity contribution in [2.24, 2.45) is 0 Å². The van der Waals surface area contributed by atoms with Crippen LogP contribution in [0.2, 0.25) is 0 Å². The van der Waals surface area contributed by atoms with Crippen molar-refractivity contribution in [2.75, 3.05) is 19.8 Å². The van der Waals surface area contributed by atoms with Gasteiger partial charge in [-0.05, 0) is 46.1 Å². The van der Waals surface area contributed by atoms with E-state index < -0.39 is 6.29 Å². The molecule has 0 fully saturated rings. The standard InChI is InChI=1S/C19H30O5S/c1-6-10-11-15-17(13(5)18(25-15)19(21)24-9-4)14(20)12-16(22-7-2)23-8-3/h16H,6-12H2,1-5H3. The number of ether oxygens (including phenoxy) is 3. The van der Waals surface area contributed by atoms with Crippen LogP contribution in [0.1, 0.15) is 77.4 Å². The first-order valence-electron chi connectivity index (χ1n) is 9.05. The smallest absolute Gasteiger partial charge is 0.348 e. The van der Waals surface area contributed by atoms with Crippen molar-refractivity contribution >= 4 is 23.1 Å². The van der Waals surface area contributed by atoms with Crippen molar-refractivity contribution in [2.45, 2.75) is 66.6 Å². The molecule has 0 aliphatic carbocycles. The summed E-state index contributed by atoms with van der Waals surface area (Å²) in [6.07, 6.45) is 2.39. The van der Waals surface area contributed by atoms with Gasteiger partial charge in [-0.25, -0.2) is 4.79 Å². The van der Waals surface area contributed by atoms with Crippen molar-refractivity contribution in [3.05, 3.63) is 20.9 Å². The van der Waals surface area contributed by atoms with E-state index in [1.807, 2.05) is 20.8 Å². The van der Waals surface area contributed by atoms with E-state index in [2.05, 4.69) is 6.92 Å².